The van der Waals surface area contributed by atoms with Crippen molar-refractivity contribution in [3.63, 3.8) is 0 Å². The van der Waals surface area contributed by atoms with Crippen LogP contribution in [0.4, 0.5) is 5.69 Å². The molecule has 1 aromatic heterocycles. The van der Waals surface area contributed by atoms with Gasteiger partial charge in [-0.1, -0.05) is 49.6 Å². The summed E-state index contributed by atoms with van der Waals surface area (Å²) in [5.41, 5.74) is 2.94. The summed E-state index contributed by atoms with van der Waals surface area (Å²) in [6, 6.07) is 17.8. The van der Waals surface area contributed by atoms with Gasteiger partial charge in [-0.05, 0) is 43.0 Å². The first-order chi connectivity index (χ1) is 17.0. The monoisotopic (exact) mass is 474 g/mol. The topological polar surface area (TPSA) is 63.0 Å². The highest BCUT2D eigenvalue weighted by Gasteiger charge is 2.42. The van der Waals surface area contributed by atoms with Crippen LogP contribution in [0.25, 0.3) is 11.0 Å². The Bertz CT molecular complexity index is 1220. The molecule has 1 aliphatic heterocycles. The molecule has 0 atom stereocenters. The van der Waals surface area contributed by atoms with Crippen molar-refractivity contribution in [3.8, 4) is 0 Å². The number of aryl methyl sites for hydroxylation is 1. The maximum absolute atomic E-state index is 13.3. The SMILES string of the molecule is Cc1cc(=O)oc2cc(N3CCN(CCOC(=O)C4(c5ccccc5)CCCCC4)CC3)ccc12. The summed E-state index contributed by atoms with van der Waals surface area (Å²) < 4.78 is 11.3. The summed E-state index contributed by atoms with van der Waals surface area (Å²) in [6.45, 7) is 6.66. The number of rotatable bonds is 6. The van der Waals surface area contributed by atoms with Crippen LogP contribution >= 0.6 is 0 Å². The van der Waals surface area contributed by atoms with Crippen molar-refractivity contribution in [1.29, 1.82) is 0 Å². The fraction of sp³-hybridized carbons (Fsp3) is 0.448. The van der Waals surface area contributed by atoms with Crippen LogP contribution in [0.2, 0.25) is 0 Å². The van der Waals surface area contributed by atoms with Crippen molar-refractivity contribution in [2.75, 3.05) is 44.2 Å². The molecule has 2 fully saturated rings. The number of benzene rings is 2. The largest absolute Gasteiger partial charge is 0.464 e. The minimum atomic E-state index is -0.484. The molecule has 0 spiro atoms. The van der Waals surface area contributed by atoms with E-state index in [-0.39, 0.29) is 11.6 Å². The van der Waals surface area contributed by atoms with Crippen molar-refractivity contribution >= 4 is 22.6 Å². The molecule has 0 unspecified atom stereocenters. The van der Waals surface area contributed by atoms with Gasteiger partial charge >= 0.3 is 11.6 Å². The van der Waals surface area contributed by atoms with Gasteiger partial charge in [0.25, 0.3) is 0 Å². The normalized spacial score (nSPS) is 18.5. The van der Waals surface area contributed by atoms with E-state index in [1.165, 1.54) is 12.5 Å². The number of fused-ring (bicyclic) bond motifs is 1. The van der Waals surface area contributed by atoms with Crippen LogP contribution in [-0.2, 0) is 14.9 Å². The second-order valence-corrected chi connectivity index (χ2v) is 9.90. The van der Waals surface area contributed by atoms with Gasteiger partial charge in [0.05, 0.1) is 5.41 Å². The second kappa shape index (κ2) is 10.2. The Kier molecular flexibility index (Phi) is 6.91. The summed E-state index contributed by atoms with van der Waals surface area (Å²) in [6.07, 6.45) is 5.09. The molecule has 1 aliphatic carbocycles. The van der Waals surface area contributed by atoms with E-state index in [9.17, 15) is 9.59 Å². The molecular formula is C29H34N2O4. The molecule has 0 amide bonds. The molecule has 2 aliphatic rings. The number of hydrogen-bond donors (Lipinski definition) is 0. The van der Waals surface area contributed by atoms with Crippen LogP contribution in [0.1, 0.15) is 43.2 Å². The third-order valence-corrected chi connectivity index (χ3v) is 7.74. The third kappa shape index (κ3) is 4.98. The number of carbonyl (C=O) groups is 1. The minimum Gasteiger partial charge on any atom is -0.464 e. The predicted molar refractivity (Wildman–Crippen MR) is 138 cm³/mol. The van der Waals surface area contributed by atoms with Crippen LogP contribution in [0.15, 0.2) is 63.8 Å². The van der Waals surface area contributed by atoms with Crippen LogP contribution in [0, 0.1) is 6.92 Å². The van der Waals surface area contributed by atoms with E-state index in [4.69, 9.17) is 9.15 Å². The minimum absolute atomic E-state index is 0.0602. The first kappa shape index (κ1) is 23.6. The molecule has 1 saturated heterocycles. The molecular weight excluding hydrogens is 440 g/mol. The second-order valence-electron chi connectivity index (χ2n) is 9.90. The highest BCUT2D eigenvalue weighted by atomic mass is 16.5. The molecule has 35 heavy (non-hydrogen) atoms. The Balaban J connectivity index is 1.15. The van der Waals surface area contributed by atoms with E-state index >= 15 is 0 Å². The molecule has 5 rings (SSSR count). The molecule has 184 valence electrons. The Morgan fingerprint density at radius 3 is 2.46 bits per heavy atom. The zero-order valence-electron chi connectivity index (χ0n) is 20.5. The van der Waals surface area contributed by atoms with Crippen LogP contribution in [0.3, 0.4) is 0 Å². The maximum Gasteiger partial charge on any atom is 0.336 e. The van der Waals surface area contributed by atoms with Gasteiger partial charge in [0.2, 0.25) is 0 Å². The predicted octanol–water partition coefficient (Wildman–Crippen LogP) is 4.67. The number of hydrogen-bond acceptors (Lipinski definition) is 6. The number of piperazine rings is 1. The lowest BCUT2D eigenvalue weighted by Crippen LogP contribution is -2.48. The molecule has 0 radical (unpaired) electrons. The highest BCUT2D eigenvalue weighted by molar-refractivity contribution is 5.84. The summed E-state index contributed by atoms with van der Waals surface area (Å²) in [7, 11) is 0. The van der Waals surface area contributed by atoms with Crippen molar-refractivity contribution in [2.24, 2.45) is 0 Å². The smallest absolute Gasteiger partial charge is 0.336 e. The average Bonchev–Trinajstić information content (AvgIpc) is 2.89. The molecule has 2 aromatic carbocycles. The van der Waals surface area contributed by atoms with Gasteiger partial charge in [-0.2, -0.15) is 0 Å². The number of nitrogens with zero attached hydrogens (tertiary/aromatic N) is 2. The van der Waals surface area contributed by atoms with Gasteiger partial charge in [0.1, 0.15) is 12.2 Å². The van der Waals surface area contributed by atoms with E-state index < -0.39 is 5.41 Å². The quantitative estimate of drug-likeness (QED) is 0.382. The lowest BCUT2D eigenvalue weighted by molar-refractivity contribution is -0.152. The first-order valence-electron chi connectivity index (χ1n) is 12.8. The van der Waals surface area contributed by atoms with Gasteiger partial charge < -0.3 is 14.1 Å². The molecule has 6 heteroatoms. The maximum atomic E-state index is 13.3. The van der Waals surface area contributed by atoms with E-state index in [1.54, 1.807) is 0 Å². The molecule has 6 nitrogen and oxygen atoms in total. The molecule has 3 aromatic rings. The van der Waals surface area contributed by atoms with Crippen molar-refractivity contribution in [3.05, 3.63) is 76.1 Å². The number of ether oxygens (including phenoxy) is 1. The van der Waals surface area contributed by atoms with Crippen LogP contribution < -0.4 is 10.5 Å². The van der Waals surface area contributed by atoms with E-state index in [0.717, 1.165) is 80.6 Å². The molecule has 1 saturated carbocycles. The van der Waals surface area contributed by atoms with E-state index in [0.29, 0.717) is 12.2 Å². The van der Waals surface area contributed by atoms with Crippen molar-refractivity contribution in [2.45, 2.75) is 44.4 Å². The summed E-state index contributed by atoms with van der Waals surface area (Å²) in [5, 5.41) is 0.972. The fourth-order valence-electron chi connectivity index (χ4n) is 5.67. The number of esters is 1. The van der Waals surface area contributed by atoms with Crippen molar-refractivity contribution < 1.29 is 13.9 Å². The lowest BCUT2D eigenvalue weighted by atomic mass is 9.69. The molecule has 0 bridgehead atoms. The van der Waals surface area contributed by atoms with Gasteiger partial charge in [0, 0.05) is 55.9 Å². The molecule has 2 heterocycles. The first-order valence-corrected chi connectivity index (χ1v) is 12.8. The summed E-state index contributed by atoms with van der Waals surface area (Å²) in [4.78, 5) is 29.7. The van der Waals surface area contributed by atoms with Gasteiger partial charge in [-0.15, -0.1) is 0 Å². The lowest BCUT2D eigenvalue weighted by Gasteiger charge is -2.37. The van der Waals surface area contributed by atoms with E-state index in [2.05, 4.69) is 28.0 Å². The Hall–Kier alpha value is -3.12. The Morgan fingerprint density at radius 1 is 0.971 bits per heavy atom. The highest BCUT2D eigenvalue weighted by Crippen LogP contribution is 2.40. The van der Waals surface area contributed by atoms with Gasteiger partial charge in [0.15, 0.2) is 0 Å². The standard InChI is InChI=1S/C29H34N2O4/c1-22-20-27(32)35-26-21-24(10-11-25(22)26)31-16-14-30(15-17-31)18-19-34-28(33)29(12-6-3-7-13-29)23-8-4-2-5-9-23/h2,4-5,8-11,20-21H,3,6-7,12-19H2,1H3. The zero-order valence-corrected chi connectivity index (χ0v) is 20.5. The Morgan fingerprint density at radius 2 is 1.71 bits per heavy atom. The fourth-order valence-corrected chi connectivity index (χ4v) is 5.67. The van der Waals surface area contributed by atoms with Gasteiger partial charge in [-0.25, -0.2) is 4.79 Å². The number of carbonyl (C=O) groups excluding carboxylic acids is 1. The van der Waals surface area contributed by atoms with Crippen LogP contribution in [0.5, 0.6) is 0 Å². The van der Waals surface area contributed by atoms with E-state index in [1.807, 2.05) is 37.3 Å². The average molecular weight is 475 g/mol. The molecule has 0 N–H and O–H groups in total. The van der Waals surface area contributed by atoms with Gasteiger partial charge in [-0.3, -0.25) is 9.69 Å². The summed E-state index contributed by atoms with van der Waals surface area (Å²) >= 11 is 0. The van der Waals surface area contributed by atoms with Crippen molar-refractivity contribution in [1.82, 2.24) is 4.90 Å². The third-order valence-electron chi connectivity index (χ3n) is 7.74. The van der Waals surface area contributed by atoms with Crippen LogP contribution in [-0.4, -0.2) is 50.2 Å². The zero-order chi connectivity index (χ0) is 24.3. The number of anilines is 1. The Labute approximate surface area is 206 Å². The summed E-state index contributed by atoms with van der Waals surface area (Å²) in [5.74, 6) is -0.0602.